The van der Waals surface area contributed by atoms with Gasteiger partial charge in [0.15, 0.2) is 0 Å². The number of rotatable bonds is 7. The first-order valence-electron chi connectivity index (χ1n) is 21.1. The van der Waals surface area contributed by atoms with Gasteiger partial charge < -0.3 is 9.80 Å². The molecule has 0 spiro atoms. The minimum absolute atomic E-state index is 0.130. The average molecular weight is 797 g/mol. The molecule has 0 saturated heterocycles. The smallest absolute Gasteiger partial charge is 0.0716 e. The Kier molecular flexibility index (Phi) is 8.53. The van der Waals surface area contributed by atoms with Crippen LogP contribution in [-0.2, 0) is 0 Å². The van der Waals surface area contributed by atoms with E-state index in [4.69, 9.17) is 0 Å². The Bertz CT molecular complexity index is 3150. The van der Waals surface area contributed by atoms with Gasteiger partial charge in [-0.15, -0.1) is 11.3 Å². The average Bonchev–Trinajstić information content (AvgIpc) is 3.89. The van der Waals surface area contributed by atoms with E-state index >= 15 is 0 Å². The van der Waals surface area contributed by atoms with Crippen molar-refractivity contribution in [3.05, 3.63) is 252 Å². The summed E-state index contributed by atoms with van der Waals surface area (Å²) in [6.07, 6.45) is 2.57. The third kappa shape index (κ3) is 6.00. The molecule has 2 nitrogen and oxygen atoms in total. The van der Waals surface area contributed by atoms with Crippen LogP contribution in [0.1, 0.15) is 33.5 Å². The normalized spacial score (nSPS) is 15.3. The lowest BCUT2D eigenvalue weighted by Crippen LogP contribution is -2.24. The van der Waals surface area contributed by atoms with Gasteiger partial charge in [0.05, 0.1) is 6.04 Å². The van der Waals surface area contributed by atoms with E-state index in [1.54, 1.807) is 0 Å². The Morgan fingerprint density at radius 3 is 1.54 bits per heavy atom. The molecule has 0 radical (unpaired) electrons. The predicted molar refractivity (Wildman–Crippen MR) is 259 cm³/mol. The summed E-state index contributed by atoms with van der Waals surface area (Å²) in [4.78, 5) is 6.37. The van der Waals surface area contributed by atoms with Crippen molar-refractivity contribution in [2.75, 3.05) is 9.80 Å². The first kappa shape index (κ1) is 35.5. The van der Waals surface area contributed by atoms with Crippen LogP contribution in [0.5, 0.6) is 0 Å². The second kappa shape index (κ2) is 14.7. The van der Waals surface area contributed by atoms with Crippen molar-refractivity contribution in [2.24, 2.45) is 0 Å². The van der Waals surface area contributed by atoms with Gasteiger partial charge in [0.2, 0.25) is 0 Å². The van der Waals surface area contributed by atoms with Crippen molar-refractivity contribution in [1.29, 1.82) is 0 Å². The zero-order valence-electron chi connectivity index (χ0n) is 33.4. The first-order chi connectivity index (χ1) is 30.3. The number of nitrogens with zero attached hydrogens (tertiary/aromatic N) is 2. The summed E-state index contributed by atoms with van der Waals surface area (Å²) < 4.78 is 1.33. The Labute approximate surface area is 360 Å². The van der Waals surface area contributed by atoms with Crippen LogP contribution in [0.25, 0.3) is 48.7 Å². The molecule has 9 aromatic carbocycles. The molecular weight excluding hydrogens is 757 g/mol. The first-order valence-corrected chi connectivity index (χ1v) is 21.9. The van der Waals surface area contributed by atoms with E-state index in [-0.39, 0.29) is 12.0 Å². The number of hydrogen-bond acceptors (Lipinski definition) is 3. The molecule has 1 aliphatic heterocycles. The molecule has 12 rings (SSSR count). The summed E-state index contributed by atoms with van der Waals surface area (Å²) >= 11 is 1.93. The molecular formula is C58H40N2S. The fraction of sp³-hybridized carbons (Fsp3) is 0.0345. The lowest BCUT2D eigenvalue weighted by atomic mass is 9.80. The molecule has 0 bridgehead atoms. The summed E-state index contributed by atoms with van der Waals surface area (Å²) in [7, 11) is 0. The summed E-state index contributed by atoms with van der Waals surface area (Å²) in [5.74, 6) is 0.179. The molecule has 2 heterocycles. The summed E-state index contributed by atoms with van der Waals surface area (Å²) in [6, 6.07) is 82.2. The van der Waals surface area contributed by atoms with Crippen LogP contribution in [0.15, 0.2) is 231 Å². The fourth-order valence-corrected chi connectivity index (χ4v) is 11.1. The summed E-state index contributed by atoms with van der Waals surface area (Å²) in [5.41, 5.74) is 16.1. The highest BCUT2D eigenvalue weighted by Gasteiger charge is 2.45. The van der Waals surface area contributed by atoms with E-state index in [0.29, 0.717) is 0 Å². The molecule has 0 fully saturated rings. The number of hydrogen-bond donors (Lipinski definition) is 0. The molecule has 1 aliphatic carbocycles. The summed E-state index contributed by atoms with van der Waals surface area (Å²) in [6.45, 7) is 0. The maximum Gasteiger partial charge on any atom is 0.0716 e. The van der Waals surface area contributed by atoms with Gasteiger partial charge in [-0.25, -0.2) is 0 Å². The van der Waals surface area contributed by atoms with Crippen LogP contribution in [0.4, 0.5) is 28.4 Å². The van der Waals surface area contributed by atoms with Gasteiger partial charge in [0, 0.05) is 54.9 Å². The highest BCUT2D eigenvalue weighted by Crippen LogP contribution is 2.61. The Morgan fingerprint density at radius 1 is 0.393 bits per heavy atom. The van der Waals surface area contributed by atoms with Crippen molar-refractivity contribution in [1.82, 2.24) is 0 Å². The number of anilines is 5. The van der Waals surface area contributed by atoms with Crippen LogP contribution in [0.3, 0.4) is 0 Å². The maximum absolute atomic E-state index is 2.64. The Hall–Kier alpha value is -7.46. The minimum Gasteiger partial charge on any atom is -0.332 e. The SMILES string of the molecule is C1=C(c2ccc(N(c3ccc(-c4ccccc4)cc3)c3ccc(-c4ccccc4)cc3)cc2)c2sc3ccccc3c2C2C1c1ccccc1N2c1cccc2ccccc12. The third-order valence-corrected chi connectivity index (χ3v) is 13.8. The lowest BCUT2D eigenvalue weighted by Gasteiger charge is -2.34. The maximum atomic E-state index is 2.64. The van der Waals surface area contributed by atoms with Crippen LogP contribution in [0, 0.1) is 0 Å². The van der Waals surface area contributed by atoms with Crippen molar-refractivity contribution in [3.8, 4) is 22.3 Å². The predicted octanol–water partition coefficient (Wildman–Crippen LogP) is 16.3. The van der Waals surface area contributed by atoms with Crippen LogP contribution in [0.2, 0.25) is 0 Å². The largest absolute Gasteiger partial charge is 0.332 e. The zero-order valence-corrected chi connectivity index (χ0v) is 34.2. The van der Waals surface area contributed by atoms with E-state index in [1.807, 2.05) is 11.3 Å². The quantitative estimate of drug-likeness (QED) is 0.158. The number of para-hydroxylation sites is 1. The summed E-state index contributed by atoms with van der Waals surface area (Å²) in [5, 5.41) is 3.89. The second-order valence-corrected chi connectivity index (χ2v) is 17.1. The molecule has 288 valence electrons. The molecule has 0 amide bonds. The standard InChI is InChI=1S/C58H40N2S/c1-3-14-39(15-4-1)41-26-32-45(33-27-41)59(46-34-28-42(29-35-46)40-16-5-2-6-17-40)47-36-30-44(31-37-47)51-38-52-49-21-9-11-23-54(49)60(53-24-13-19-43-18-7-8-20-48(43)53)57(52)56-50-22-10-12-25-55(50)61-58(51)56/h1-38,52,57H. The van der Waals surface area contributed by atoms with Gasteiger partial charge >= 0.3 is 0 Å². The molecule has 2 aliphatic rings. The highest BCUT2D eigenvalue weighted by atomic mass is 32.1. The van der Waals surface area contributed by atoms with Crippen molar-refractivity contribution < 1.29 is 0 Å². The van der Waals surface area contributed by atoms with E-state index in [9.17, 15) is 0 Å². The van der Waals surface area contributed by atoms with Gasteiger partial charge in [-0.2, -0.15) is 0 Å². The Morgan fingerprint density at radius 2 is 0.885 bits per heavy atom. The topological polar surface area (TPSA) is 6.48 Å². The number of fused-ring (bicyclic) bond motifs is 8. The van der Waals surface area contributed by atoms with Gasteiger partial charge in [0.25, 0.3) is 0 Å². The molecule has 3 heteroatoms. The van der Waals surface area contributed by atoms with E-state index in [2.05, 4.69) is 240 Å². The zero-order chi connectivity index (χ0) is 40.3. The molecule has 2 atom stereocenters. The third-order valence-electron chi connectivity index (χ3n) is 12.6. The van der Waals surface area contributed by atoms with Gasteiger partial charge in [-0.05, 0) is 104 Å². The molecule has 0 saturated carbocycles. The monoisotopic (exact) mass is 796 g/mol. The van der Waals surface area contributed by atoms with Gasteiger partial charge in [-0.1, -0.05) is 176 Å². The van der Waals surface area contributed by atoms with Crippen molar-refractivity contribution in [2.45, 2.75) is 12.0 Å². The second-order valence-electron chi connectivity index (χ2n) is 16.0. The van der Waals surface area contributed by atoms with Crippen LogP contribution < -0.4 is 9.80 Å². The Balaban J connectivity index is 0.978. The molecule has 10 aromatic rings. The molecule has 0 N–H and O–H groups in total. The van der Waals surface area contributed by atoms with Crippen molar-refractivity contribution in [3.63, 3.8) is 0 Å². The van der Waals surface area contributed by atoms with Gasteiger partial charge in [0.1, 0.15) is 0 Å². The van der Waals surface area contributed by atoms with Crippen molar-refractivity contribution >= 4 is 66.2 Å². The van der Waals surface area contributed by atoms with E-state index in [0.717, 1.165) is 17.1 Å². The van der Waals surface area contributed by atoms with Crippen LogP contribution >= 0.6 is 11.3 Å². The fourth-order valence-electron chi connectivity index (χ4n) is 9.80. The molecule has 61 heavy (non-hydrogen) atoms. The molecule has 2 unspecified atom stereocenters. The van der Waals surface area contributed by atoms with E-state index in [1.165, 1.54) is 81.6 Å². The van der Waals surface area contributed by atoms with E-state index < -0.39 is 0 Å². The van der Waals surface area contributed by atoms with Gasteiger partial charge in [-0.3, -0.25) is 0 Å². The van der Waals surface area contributed by atoms with Crippen LogP contribution in [-0.4, -0.2) is 0 Å². The lowest BCUT2D eigenvalue weighted by molar-refractivity contribution is 0.674. The number of thiophene rings is 1. The molecule has 1 aromatic heterocycles. The highest BCUT2D eigenvalue weighted by molar-refractivity contribution is 7.20. The minimum atomic E-state index is 0.130. The number of benzene rings is 9.